The van der Waals surface area contributed by atoms with E-state index in [-0.39, 0.29) is 0 Å². The lowest BCUT2D eigenvalue weighted by atomic mass is 9.98. The predicted octanol–water partition coefficient (Wildman–Crippen LogP) is 2.50. The smallest absolute Gasteiger partial charge is 0.193 e. The zero-order chi connectivity index (χ0) is 18.6. The average Bonchev–Trinajstić information content (AvgIpc) is 3.17. The highest BCUT2D eigenvalue weighted by atomic mass is 16.5. The van der Waals surface area contributed by atoms with Crippen LogP contribution >= 0.6 is 0 Å². The molecular weight excluding hydrogens is 330 g/mol. The van der Waals surface area contributed by atoms with Crippen LogP contribution in [0.1, 0.15) is 30.7 Å². The van der Waals surface area contributed by atoms with E-state index in [1.54, 1.807) is 14.2 Å². The van der Waals surface area contributed by atoms with Crippen molar-refractivity contribution < 1.29 is 14.2 Å². The van der Waals surface area contributed by atoms with Gasteiger partial charge in [0.1, 0.15) is 5.75 Å². The molecular formula is C20H33N3O3. The van der Waals surface area contributed by atoms with Gasteiger partial charge in [0, 0.05) is 46.3 Å². The summed E-state index contributed by atoms with van der Waals surface area (Å²) in [5.74, 6) is 2.46. The van der Waals surface area contributed by atoms with Gasteiger partial charge in [-0.15, -0.1) is 0 Å². The second kappa shape index (κ2) is 11.8. The van der Waals surface area contributed by atoms with Gasteiger partial charge in [-0.05, 0) is 37.0 Å². The third-order valence-electron chi connectivity index (χ3n) is 4.72. The topological polar surface area (TPSA) is 55.3 Å². The molecule has 2 rings (SSSR count). The lowest BCUT2D eigenvalue weighted by Crippen LogP contribution is -2.40. The number of aliphatic imine (C=N–C) groups is 1. The monoisotopic (exact) mass is 363 g/mol. The van der Waals surface area contributed by atoms with Gasteiger partial charge >= 0.3 is 0 Å². The number of methoxy groups -OCH3 is 2. The van der Waals surface area contributed by atoms with Crippen LogP contribution in [0.25, 0.3) is 0 Å². The molecule has 1 N–H and O–H groups in total. The number of hydrogen-bond acceptors (Lipinski definition) is 4. The second-order valence-corrected chi connectivity index (χ2v) is 6.49. The maximum absolute atomic E-state index is 5.48. The molecule has 1 heterocycles. The lowest BCUT2D eigenvalue weighted by Gasteiger charge is -2.22. The number of nitrogens with one attached hydrogen (secondary N) is 1. The summed E-state index contributed by atoms with van der Waals surface area (Å²) in [4.78, 5) is 6.80. The molecule has 1 aliphatic rings. The van der Waals surface area contributed by atoms with Gasteiger partial charge in [0.25, 0.3) is 0 Å². The molecule has 0 bridgehead atoms. The van der Waals surface area contributed by atoms with E-state index in [9.17, 15) is 0 Å². The highest BCUT2D eigenvalue weighted by molar-refractivity contribution is 5.80. The van der Waals surface area contributed by atoms with Gasteiger partial charge in [-0.1, -0.05) is 12.1 Å². The summed E-state index contributed by atoms with van der Waals surface area (Å²) >= 11 is 0. The molecule has 0 aliphatic carbocycles. The lowest BCUT2D eigenvalue weighted by molar-refractivity contribution is 0.0689. The molecule has 0 spiro atoms. The first kappa shape index (κ1) is 20.5. The number of nitrogens with zero attached hydrogens (tertiary/aromatic N) is 2. The molecule has 0 aromatic heterocycles. The Bertz CT molecular complexity index is 534. The van der Waals surface area contributed by atoms with Crippen LogP contribution in [0, 0.1) is 0 Å². The first-order chi connectivity index (χ1) is 12.8. The molecule has 6 nitrogen and oxygen atoms in total. The van der Waals surface area contributed by atoms with E-state index in [1.807, 2.05) is 19.2 Å². The molecule has 0 saturated carbocycles. The average molecular weight is 364 g/mol. The van der Waals surface area contributed by atoms with Crippen molar-refractivity contribution in [3.05, 3.63) is 29.8 Å². The maximum atomic E-state index is 5.48. The zero-order valence-electron chi connectivity index (χ0n) is 16.4. The predicted molar refractivity (Wildman–Crippen MR) is 105 cm³/mol. The SMILES string of the molecule is CN=C(NCCCCOCCOC)N1CCC(c2ccc(OC)cc2)C1. The van der Waals surface area contributed by atoms with Crippen LogP contribution in [-0.2, 0) is 9.47 Å². The van der Waals surface area contributed by atoms with Crippen LogP contribution in [0.5, 0.6) is 5.75 Å². The molecule has 0 amide bonds. The second-order valence-electron chi connectivity index (χ2n) is 6.49. The summed E-state index contributed by atoms with van der Waals surface area (Å²) in [5, 5.41) is 3.48. The Morgan fingerprint density at radius 2 is 1.96 bits per heavy atom. The molecule has 1 fully saturated rings. The summed E-state index contributed by atoms with van der Waals surface area (Å²) < 4.78 is 15.7. The van der Waals surface area contributed by atoms with Crippen molar-refractivity contribution in [2.24, 2.45) is 4.99 Å². The van der Waals surface area contributed by atoms with E-state index < -0.39 is 0 Å². The van der Waals surface area contributed by atoms with Crippen molar-refractivity contribution in [1.82, 2.24) is 10.2 Å². The summed E-state index contributed by atoms with van der Waals surface area (Å²) in [6.07, 6.45) is 3.27. The van der Waals surface area contributed by atoms with Crippen molar-refractivity contribution >= 4 is 5.96 Å². The minimum Gasteiger partial charge on any atom is -0.497 e. The van der Waals surface area contributed by atoms with E-state index in [0.29, 0.717) is 19.1 Å². The van der Waals surface area contributed by atoms with Crippen molar-refractivity contribution in [2.45, 2.75) is 25.2 Å². The largest absolute Gasteiger partial charge is 0.497 e. The Morgan fingerprint density at radius 1 is 1.15 bits per heavy atom. The van der Waals surface area contributed by atoms with E-state index in [1.165, 1.54) is 5.56 Å². The number of unbranched alkanes of at least 4 members (excludes halogenated alkanes) is 1. The third-order valence-corrected chi connectivity index (χ3v) is 4.72. The van der Waals surface area contributed by atoms with Crippen LogP contribution in [-0.4, -0.2) is 71.6 Å². The van der Waals surface area contributed by atoms with Gasteiger partial charge in [-0.25, -0.2) is 0 Å². The maximum Gasteiger partial charge on any atom is 0.193 e. The Morgan fingerprint density at radius 3 is 2.65 bits per heavy atom. The minimum atomic E-state index is 0.550. The molecule has 26 heavy (non-hydrogen) atoms. The summed E-state index contributed by atoms with van der Waals surface area (Å²) in [5.41, 5.74) is 1.37. The molecule has 1 unspecified atom stereocenters. The van der Waals surface area contributed by atoms with Crippen LogP contribution in [0.3, 0.4) is 0 Å². The number of benzene rings is 1. The summed E-state index contributed by atoms with van der Waals surface area (Å²) in [6, 6.07) is 8.43. The van der Waals surface area contributed by atoms with Crippen molar-refractivity contribution in [1.29, 1.82) is 0 Å². The molecule has 1 saturated heterocycles. The van der Waals surface area contributed by atoms with E-state index in [4.69, 9.17) is 14.2 Å². The van der Waals surface area contributed by atoms with Gasteiger partial charge in [0.15, 0.2) is 5.96 Å². The Balaban J connectivity index is 1.68. The Labute approximate surface area is 157 Å². The third kappa shape index (κ3) is 6.50. The van der Waals surface area contributed by atoms with Crippen LogP contribution in [0.4, 0.5) is 0 Å². The first-order valence-corrected chi connectivity index (χ1v) is 9.44. The fraction of sp³-hybridized carbons (Fsp3) is 0.650. The van der Waals surface area contributed by atoms with Gasteiger partial charge in [0.2, 0.25) is 0 Å². The minimum absolute atomic E-state index is 0.550. The summed E-state index contributed by atoms with van der Waals surface area (Å²) in [7, 11) is 5.25. The van der Waals surface area contributed by atoms with Crippen LogP contribution in [0.15, 0.2) is 29.3 Å². The molecule has 146 valence electrons. The van der Waals surface area contributed by atoms with Gasteiger partial charge in [-0.3, -0.25) is 4.99 Å². The first-order valence-electron chi connectivity index (χ1n) is 9.44. The molecule has 1 aliphatic heterocycles. The number of rotatable bonds is 10. The Hall–Kier alpha value is -1.79. The quantitative estimate of drug-likeness (QED) is 0.393. The standard InChI is InChI=1S/C20H33N3O3/c1-21-20(22-11-4-5-13-26-15-14-24-2)23-12-10-18(16-23)17-6-8-19(25-3)9-7-17/h6-9,18H,4-5,10-16H2,1-3H3,(H,21,22). The van der Waals surface area contributed by atoms with Gasteiger partial charge < -0.3 is 24.4 Å². The summed E-state index contributed by atoms with van der Waals surface area (Å²) in [6.45, 7) is 5.08. The van der Waals surface area contributed by atoms with E-state index >= 15 is 0 Å². The zero-order valence-corrected chi connectivity index (χ0v) is 16.4. The van der Waals surface area contributed by atoms with Gasteiger partial charge in [-0.2, -0.15) is 0 Å². The number of ether oxygens (including phenoxy) is 3. The van der Waals surface area contributed by atoms with Crippen molar-refractivity contribution in [2.75, 3.05) is 60.7 Å². The van der Waals surface area contributed by atoms with E-state index in [0.717, 1.165) is 57.2 Å². The van der Waals surface area contributed by atoms with E-state index in [2.05, 4.69) is 27.3 Å². The fourth-order valence-corrected chi connectivity index (χ4v) is 3.21. The van der Waals surface area contributed by atoms with Crippen LogP contribution < -0.4 is 10.1 Å². The highest BCUT2D eigenvalue weighted by Gasteiger charge is 2.25. The highest BCUT2D eigenvalue weighted by Crippen LogP contribution is 2.28. The number of likely N-dealkylation sites (tertiary alicyclic amines) is 1. The molecule has 1 atom stereocenters. The van der Waals surface area contributed by atoms with Gasteiger partial charge in [0.05, 0.1) is 20.3 Å². The molecule has 6 heteroatoms. The van der Waals surface area contributed by atoms with Crippen molar-refractivity contribution in [3.8, 4) is 5.75 Å². The number of hydrogen-bond donors (Lipinski definition) is 1. The molecule has 0 radical (unpaired) electrons. The number of guanidine groups is 1. The van der Waals surface area contributed by atoms with Crippen molar-refractivity contribution in [3.63, 3.8) is 0 Å². The molecule has 1 aromatic carbocycles. The fourth-order valence-electron chi connectivity index (χ4n) is 3.21. The molecule has 1 aromatic rings. The Kier molecular flexibility index (Phi) is 9.28. The normalized spacial score (nSPS) is 17.6. The van der Waals surface area contributed by atoms with Crippen LogP contribution in [0.2, 0.25) is 0 Å².